The Morgan fingerprint density at radius 2 is 1.30 bits per heavy atom. The molecule has 1 aliphatic heterocycles. The highest BCUT2D eigenvalue weighted by Gasteiger charge is 2.76. The number of hydrogen-bond acceptors (Lipinski definition) is 6. The number of hydrogen-bond donors (Lipinski definition) is 0. The Bertz CT molecular complexity index is 1640. The lowest BCUT2D eigenvalue weighted by molar-refractivity contribution is -0.151. The zero-order valence-corrected chi connectivity index (χ0v) is 32.2. The fourth-order valence-corrected chi connectivity index (χ4v) is 7.57. The molecule has 3 rings (SSSR count). The summed E-state index contributed by atoms with van der Waals surface area (Å²) in [7, 11) is 0. The Balaban J connectivity index is 1.52. The first-order valence-corrected chi connectivity index (χ1v) is 17.7. The minimum Gasteiger partial charge on any atom is -0.462 e. The summed E-state index contributed by atoms with van der Waals surface area (Å²) < 4.78 is 17.3. The molecule has 4 unspecified atom stereocenters. The van der Waals surface area contributed by atoms with Gasteiger partial charge in [0.1, 0.15) is 17.8 Å². The van der Waals surface area contributed by atoms with Gasteiger partial charge in [-0.2, -0.15) is 0 Å². The maximum atomic E-state index is 13.2. The third-order valence-corrected chi connectivity index (χ3v) is 10.1. The van der Waals surface area contributed by atoms with Crippen molar-refractivity contribution in [3.63, 3.8) is 0 Å². The topological polar surface area (TPSA) is 82.2 Å². The summed E-state index contributed by atoms with van der Waals surface area (Å²) >= 11 is 0. The Morgan fingerprint density at radius 3 is 1.84 bits per heavy atom. The molecule has 0 bridgehead atoms. The number of ether oxygens (including phenoxy) is 3. The summed E-state index contributed by atoms with van der Waals surface area (Å²) in [4.78, 5) is 36.2. The first kappa shape index (κ1) is 40.4. The lowest BCUT2D eigenvalue weighted by atomic mass is 9.61. The van der Waals surface area contributed by atoms with Crippen LogP contribution < -0.4 is 0 Å². The maximum absolute atomic E-state index is 13.2. The highest BCUT2D eigenvalue weighted by atomic mass is 16.6. The van der Waals surface area contributed by atoms with E-state index in [2.05, 4.69) is 65.2 Å². The second-order valence-corrected chi connectivity index (χ2v) is 15.8. The van der Waals surface area contributed by atoms with Gasteiger partial charge in [0.25, 0.3) is 0 Å². The average Bonchev–Trinajstić information content (AvgIpc) is 3.58. The van der Waals surface area contributed by atoms with Crippen molar-refractivity contribution in [1.29, 1.82) is 0 Å². The van der Waals surface area contributed by atoms with Crippen molar-refractivity contribution in [3.8, 4) is 0 Å². The summed E-state index contributed by atoms with van der Waals surface area (Å²) in [5.74, 6) is -0.464. The molecule has 6 nitrogen and oxygen atoms in total. The number of carbonyl (C=O) groups is 3. The zero-order valence-electron chi connectivity index (χ0n) is 32.2. The van der Waals surface area contributed by atoms with Crippen LogP contribution in [0.15, 0.2) is 113 Å². The lowest BCUT2D eigenvalue weighted by Crippen LogP contribution is -2.49. The highest BCUT2D eigenvalue weighted by Crippen LogP contribution is 2.67. The minimum atomic E-state index is -0.542. The molecule has 2 saturated carbocycles. The van der Waals surface area contributed by atoms with E-state index in [4.69, 9.17) is 14.2 Å². The van der Waals surface area contributed by atoms with Crippen molar-refractivity contribution in [2.75, 3.05) is 0 Å². The SMILES string of the molecule is C=C1CC(OC(C)=O)CC(C)(C)C1=C=CC(C)=CC=CC(C)=CC=CC=C(C)C=CC=C(C)C(=O)CC12OC1(C)CC(OC(C)=O)CC2(C)C. The molecule has 1 saturated heterocycles. The van der Waals surface area contributed by atoms with Crippen LogP contribution >= 0.6 is 0 Å². The van der Waals surface area contributed by atoms with Gasteiger partial charge in [-0.25, -0.2) is 0 Å². The van der Waals surface area contributed by atoms with Crippen LogP contribution in [-0.4, -0.2) is 41.1 Å². The van der Waals surface area contributed by atoms with Crippen LogP contribution in [0.25, 0.3) is 0 Å². The lowest BCUT2D eigenvalue weighted by Gasteiger charge is -2.41. The molecule has 0 radical (unpaired) electrons. The molecule has 1 heterocycles. The summed E-state index contributed by atoms with van der Waals surface area (Å²) in [6.07, 6.45) is 24.6. The van der Waals surface area contributed by atoms with Crippen molar-refractivity contribution >= 4 is 17.7 Å². The number of fused-ring (bicyclic) bond motifs is 1. The van der Waals surface area contributed by atoms with E-state index in [0.29, 0.717) is 31.3 Å². The number of allylic oxidation sites excluding steroid dienone is 15. The maximum Gasteiger partial charge on any atom is 0.302 e. The number of ketones is 1. The smallest absolute Gasteiger partial charge is 0.302 e. The van der Waals surface area contributed by atoms with Gasteiger partial charge in [0.05, 0.1) is 5.60 Å². The molecule has 0 aromatic rings. The van der Waals surface area contributed by atoms with Crippen molar-refractivity contribution in [1.82, 2.24) is 0 Å². The third-order valence-electron chi connectivity index (χ3n) is 10.1. The summed E-state index contributed by atoms with van der Waals surface area (Å²) in [5.41, 5.74) is 7.96. The molecule has 3 aliphatic rings. The molecular weight excluding hydrogens is 624 g/mol. The first-order chi connectivity index (χ1) is 23.2. The van der Waals surface area contributed by atoms with Crippen LogP contribution in [0.5, 0.6) is 0 Å². The number of rotatable bonds is 12. The van der Waals surface area contributed by atoms with E-state index >= 15 is 0 Å². The molecule has 270 valence electrons. The average molecular weight is 683 g/mol. The van der Waals surface area contributed by atoms with Crippen molar-refractivity contribution in [2.24, 2.45) is 10.8 Å². The highest BCUT2D eigenvalue weighted by molar-refractivity contribution is 5.96. The second kappa shape index (κ2) is 16.4. The quantitative estimate of drug-likeness (QED) is 0.0670. The Morgan fingerprint density at radius 1 is 0.760 bits per heavy atom. The van der Waals surface area contributed by atoms with E-state index in [1.807, 2.05) is 76.3 Å². The fourth-order valence-electron chi connectivity index (χ4n) is 7.57. The van der Waals surface area contributed by atoms with Crippen LogP contribution in [0.2, 0.25) is 0 Å². The third kappa shape index (κ3) is 10.5. The first-order valence-electron chi connectivity index (χ1n) is 17.7. The molecular formula is C44H58O6. The number of Topliss-reactive ketones (excluding diaryl/α,β-unsaturated/α-hetero) is 1. The molecule has 6 heteroatoms. The zero-order chi connectivity index (χ0) is 37.5. The predicted octanol–water partition coefficient (Wildman–Crippen LogP) is 10.1. The van der Waals surface area contributed by atoms with E-state index in [0.717, 1.165) is 34.3 Å². The van der Waals surface area contributed by atoms with Crippen molar-refractivity contribution in [3.05, 3.63) is 113 Å². The van der Waals surface area contributed by atoms with Gasteiger partial charge in [-0.05, 0) is 70.3 Å². The Hall–Kier alpha value is -3.99. The molecule has 0 N–H and O–H groups in total. The molecule has 3 fully saturated rings. The summed E-state index contributed by atoms with van der Waals surface area (Å²) in [6, 6.07) is 0. The number of epoxide rings is 1. The largest absolute Gasteiger partial charge is 0.462 e. The van der Waals surface area contributed by atoms with Crippen LogP contribution in [0.1, 0.15) is 108 Å². The molecule has 0 aromatic heterocycles. The van der Waals surface area contributed by atoms with Crippen LogP contribution in [0, 0.1) is 10.8 Å². The van der Waals surface area contributed by atoms with Gasteiger partial charge in [-0.3, -0.25) is 14.4 Å². The molecule has 0 aromatic carbocycles. The standard InChI is InChI=1S/C44H58O6/c1-30(19-15-20-32(3)23-24-39-34(5)25-37(48-35(6)45)26-41(39,8)9)17-13-14-18-31(2)21-16-22-33(4)40(47)29-44-42(10,11)27-38(49-36(7)46)28-43(44,12)50-44/h13-23,37-38H,5,25-29H2,1-4,6-12H3. The van der Waals surface area contributed by atoms with Crippen LogP contribution in [-0.2, 0) is 28.6 Å². The van der Waals surface area contributed by atoms with Gasteiger partial charge in [0, 0.05) is 49.5 Å². The normalized spacial score (nSPS) is 28.5. The summed E-state index contributed by atoms with van der Waals surface area (Å²) in [5, 5.41) is 0. The van der Waals surface area contributed by atoms with E-state index in [-0.39, 0.29) is 40.8 Å². The van der Waals surface area contributed by atoms with Gasteiger partial charge in [-0.1, -0.05) is 106 Å². The number of carbonyl (C=O) groups excluding carboxylic acids is 3. The van der Waals surface area contributed by atoms with E-state index in [1.54, 1.807) is 0 Å². The van der Waals surface area contributed by atoms with Gasteiger partial charge in [-0.15, -0.1) is 5.73 Å². The monoisotopic (exact) mass is 682 g/mol. The number of esters is 2. The predicted molar refractivity (Wildman–Crippen MR) is 202 cm³/mol. The molecule has 0 amide bonds. The van der Waals surface area contributed by atoms with Crippen molar-refractivity contribution in [2.45, 2.75) is 132 Å². The molecule has 4 atom stereocenters. The second-order valence-electron chi connectivity index (χ2n) is 15.8. The molecule has 2 aliphatic carbocycles. The van der Waals surface area contributed by atoms with E-state index in [9.17, 15) is 14.4 Å². The summed E-state index contributed by atoms with van der Waals surface area (Å²) in [6.45, 7) is 25.6. The van der Waals surface area contributed by atoms with Gasteiger partial charge in [0.15, 0.2) is 5.78 Å². The van der Waals surface area contributed by atoms with E-state index in [1.165, 1.54) is 13.8 Å². The molecule has 0 spiro atoms. The van der Waals surface area contributed by atoms with Gasteiger partial charge >= 0.3 is 11.9 Å². The van der Waals surface area contributed by atoms with Crippen LogP contribution in [0.3, 0.4) is 0 Å². The van der Waals surface area contributed by atoms with E-state index < -0.39 is 11.2 Å². The van der Waals surface area contributed by atoms with Gasteiger partial charge in [0.2, 0.25) is 0 Å². The molecule has 50 heavy (non-hydrogen) atoms. The Labute approximate surface area is 300 Å². The fraction of sp³-hybridized carbons (Fsp3) is 0.500. The Kier molecular flexibility index (Phi) is 13.2. The van der Waals surface area contributed by atoms with Gasteiger partial charge < -0.3 is 14.2 Å². The van der Waals surface area contributed by atoms with Crippen LogP contribution in [0.4, 0.5) is 0 Å². The van der Waals surface area contributed by atoms with Crippen molar-refractivity contribution < 1.29 is 28.6 Å². The minimum absolute atomic E-state index is 0.0698.